The maximum Gasteiger partial charge on any atom is 0.238 e. The molecule has 2 amide bonds. The van der Waals surface area contributed by atoms with Crippen molar-refractivity contribution in [3.05, 3.63) is 0 Å². The van der Waals surface area contributed by atoms with Crippen molar-refractivity contribution < 1.29 is 9.59 Å². The van der Waals surface area contributed by atoms with Gasteiger partial charge in [0.25, 0.3) is 0 Å². The molecule has 2 N–H and O–H groups in total. The van der Waals surface area contributed by atoms with Crippen molar-refractivity contribution in [1.29, 1.82) is 0 Å². The fourth-order valence-corrected chi connectivity index (χ4v) is 1.69. The minimum Gasteiger partial charge on any atom is -0.273 e. The summed E-state index contributed by atoms with van der Waals surface area (Å²) >= 11 is 0. The van der Waals surface area contributed by atoms with E-state index in [-0.39, 0.29) is 11.8 Å². The van der Waals surface area contributed by atoms with Gasteiger partial charge in [-0.05, 0) is 12.8 Å². The number of nitrogens with one attached hydrogen (secondary N) is 2. The van der Waals surface area contributed by atoms with E-state index in [2.05, 4.69) is 24.7 Å². The van der Waals surface area contributed by atoms with Crippen LogP contribution in [0.1, 0.15) is 78.1 Å². The first kappa shape index (κ1) is 16.9. The summed E-state index contributed by atoms with van der Waals surface area (Å²) in [7, 11) is 0. The Morgan fingerprint density at radius 1 is 0.667 bits per heavy atom. The second kappa shape index (κ2) is 12.4. The van der Waals surface area contributed by atoms with E-state index in [0.29, 0.717) is 12.8 Å². The Kier molecular flexibility index (Phi) is 11.7. The number of unbranched alkanes of at least 4 members (excludes halogenated alkanes) is 6. The number of rotatable bonds is 10. The summed E-state index contributed by atoms with van der Waals surface area (Å²) in [5.74, 6) is -0.182. The summed E-state index contributed by atoms with van der Waals surface area (Å²) in [6.45, 7) is 4.26. The lowest BCUT2D eigenvalue weighted by molar-refractivity contribution is -0.129. The van der Waals surface area contributed by atoms with E-state index in [1.165, 1.54) is 19.3 Å². The number of hydrazine groups is 1. The number of carbonyl (C=O) groups is 2. The molecule has 0 saturated heterocycles. The van der Waals surface area contributed by atoms with Crippen LogP contribution in [0.25, 0.3) is 0 Å². The first-order valence-electron chi connectivity index (χ1n) is 7.28. The monoisotopic (exact) mass is 256 g/mol. The molecule has 0 bridgehead atoms. The molecule has 0 atom stereocenters. The molecule has 0 rings (SSSR count). The number of hydrogen-bond donors (Lipinski definition) is 2. The molecule has 4 heteroatoms. The molecule has 0 aromatic rings. The van der Waals surface area contributed by atoms with Crippen molar-refractivity contribution in [3.8, 4) is 0 Å². The largest absolute Gasteiger partial charge is 0.273 e. The zero-order valence-corrected chi connectivity index (χ0v) is 11.9. The smallest absolute Gasteiger partial charge is 0.238 e. The normalized spacial score (nSPS) is 10.1. The van der Waals surface area contributed by atoms with E-state index in [9.17, 15) is 9.59 Å². The number of amides is 2. The standard InChI is InChI=1S/C14H28N2O2/c1-3-5-7-8-10-12-14(18)16-15-13(17)11-9-6-4-2/h3-12H2,1-2H3,(H,15,17)(H,16,18). The minimum atomic E-state index is -0.0946. The molecular weight excluding hydrogens is 228 g/mol. The van der Waals surface area contributed by atoms with Crippen molar-refractivity contribution in [2.75, 3.05) is 0 Å². The molecule has 4 nitrogen and oxygen atoms in total. The zero-order chi connectivity index (χ0) is 13.6. The predicted octanol–water partition coefficient (Wildman–Crippen LogP) is 3.07. The lowest BCUT2D eigenvalue weighted by atomic mass is 10.1. The third-order valence-electron chi connectivity index (χ3n) is 2.86. The van der Waals surface area contributed by atoms with Gasteiger partial charge in [0.05, 0.1) is 0 Å². The molecule has 0 aliphatic rings. The van der Waals surface area contributed by atoms with Crippen LogP contribution in [0.2, 0.25) is 0 Å². The van der Waals surface area contributed by atoms with E-state index < -0.39 is 0 Å². The van der Waals surface area contributed by atoms with Crippen molar-refractivity contribution in [2.45, 2.75) is 78.1 Å². The van der Waals surface area contributed by atoms with Gasteiger partial charge in [0.2, 0.25) is 11.8 Å². The first-order chi connectivity index (χ1) is 8.70. The lowest BCUT2D eigenvalue weighted by Crippen LogP contribution is -2.41. The van der Waals surface area contributed by atoms with E-state index in [1.54, 1.807) is 0 Å². The molecule has 0 aromatic carbocycles. The van der Waals surface area contributed by atoms with Crippen molar-refractivity contribution in [3.63, 3.8) is 0 Å². The average Bonchev–Trinajstić information content (AvgIpc) is 2.36. The summed E-state index contributed by atoms with van der Waals surface area (Å²) in [6.07, 6.45) is 9.64. The average molecular weight is 256 g/mol. The molecule has 0 fully saturated rings. The number of hydrogen-bond acceptors (Lipinski definition) is 2. The topological polar surface area (TPSA) is 58.2 Å². The molecule has 0 aliphatic carbocycles. The first-order valence-corrected chi connectivity index (χ1v) is 7.28. The maximum absolute atomic E-state index is 11.4. The van der Waals surface area contributed by atoms with Crippen molar-refractivity contribution >= 4 is 11.8 Å². The summed E-state index contributed by atoms with van der Waals surface area (Å²) in [6, 6.07) is 0. The highest BCUT2D eigenvalue weighted by Crippen LogP contribution is 2.04. The molecule has 106 valence electrons. The van der Waals surface area contributed by atoms with Gasteiger partial charge in [-0.1, -0.05) is 52.4 Å². The van der Waals surface area contributed by atoms with Gasteiger partial charge in [-0.2, -0.15) is 0 Å². The van der Waals surface area contributed by atoms with Gasteiger partial charge >= 0.3 is 0 Å². The molecule has 0 aromatic heterocycles. The highest BCUT2D eigenvalue weighted by atomic mass is 16.2. The number of carbonyl (C=O) groups excluding carboxylic acids is 2. The molecule has 0 heterocycles. The fraction of sp³-hybridized carbons (Fsp3) is 0.857. The Hall–Kier alpha value is -1.06. The summed E-state index contributed by atoms with van der Waals surface area (Å²) in [4.78, 5) is 22.7. The van der Waals surface area contributed by atoms with Crippen LogP contribution in [-0.4, -0.2) is 11.8 Å². The van der Waals surface area contributed by atoms with Gasteiger partial charge < -0.3 is 0 Å². The Morgan fingerprint density at radius 2 is 1.06 bits per heavy atom. The van der Waals surface area contributed by atoms with Gasteiger partial charge in [0.1, 0.15) is 0 Å². The highest BCUT2D eigenvalue weighted by molar-refractivity contribution is 5.81. The van der Waals surface area contributed by atoms with Crippen LogP contribution >= 0.6 is 0 Å². The third-order valence-corrected chi connectivity index (χ3v) is 2.86. The van der Waals surface area contributed by atoms with Crippen LogP contribution in [0.15, 0.2) is 0 Å². The van der Waals surface area contributed by atoms with Crippen LogP contribution in [-0.2, 0) is 9.59 Å². The Balaban J connectivity index is 3.37. The Bertz CT molecular complexity index is 230. The van der Waals surface area contributed by atoms with E-state index >= 15 is 0 Å². The summed E-state index contributed by atoms with van der Waals surface area (Å²) < 4.78 is 0. The summed E-state index contributed by atoms with van der Waals surface area (Å²) in [5, 5.41) is 0. The molecule has 18 heavy (non-hydrogen) atoms. The highest BCUT2D eigenvalue weighted by Gasteiger charge is 2.03. The zero-order valence-electron chi connectivity index (χ0n) is 11.9. The van der Waals surface area contributed by atoms with E-state index in [0.717, 1.165) is 32.1 Å². The maximum atomic E-state index is 11.4. The molecule has 0 radical (unpaired) electrons. The van der Waals surface area contributed by atoms with E-state index in [1.807, 2.05) is 0 Å². The summed E-state index contributed by atoms with van der Waals surface area (Å²) in [5.41, 5.74) is 4.92. The van der Waals surface area contributed by atoms with Gasteiger partial charge in [-0.3, -0.25) is 20.4 Å². The molecule has 0 saturated carbocycles. The molecule has 0 unspecified atom stereocenters. The van der Waals surface area contributed by atoms with Crippen LogP contribution in [0.5, 0.6) is 0 Å². The van der Waals surface area contributed by atoms with Crippen molar-refractivity contribution in [2.24, 2.45) is 0 Å². The van der Waals surface area contributed by atoms with Gasteiger partial charge in [-0.25, -0.2) is 0 Å². The van der Waals surface area contributed by atoms with Crippen molar-refractivity contribution in [1.82, 2.24) is 10.9 Å². The van der Waals surface area contributed by atoms with Gasteiger partial charge in [0, 0.05) is 12.8 Å². The molecule has 0 spiro atoms. The van der Waals surface area contributed by atoms with Crippen LogP contribution in [0.4, 0.5) is 0 Å². The predicted molar refractivity (Wildman–Crippen MR) is 73.8 cm³/mol. The van der Waals surface area contributed by atoms with Gasteiger partial charge in [0.15, 0.2) is 0 Å². The Labute approximate surface area is 111 Å². The molecular formula is C14H28N2O2. The van der Waals surface area contributed by atoms with Crippen LogP contribution in [0, 0.1) is 0 Å². The van der Waals surface area contributed by atoms with Gasteiger partial charge in [-0.15, -0.1) is 0 Å². The second-order valence-corrected chi connectivity index (χ2v) is 4.72. The second-order valence-electron chi connectivity index (χ2n) is 4.72. The Morgan fingerprint density at radius 3 is 1.56 bits per heavy atom. The van der Waals surface area contributed by atoms with Crippen LogP contribution in [0.3, 0.4) is 0 Å². The molecule has 0 aliphatic heterocycles. The van der Waals surface area contributed by atoms with Crippen LogP contribution < -0.4 is 10.9 Å². The minimum absolute atomic E-state index is 0.0876. The SMILES string of the molecule is CCCCCCCC(=O)NNC(=O)CCCCC. The van der Waals surface area contributed by atoms with E-state index in [4.69, 9.17) is 0 Å². The quantitative estimate of drug-likeness (QED) is 0.466. The fourth-order valence-electron chi connectivity index (χ4n) is 1.69. The lowest BCUT2D eigenvalue weighted by Gasteiger charge is -2.07. The third kappa shape index (κ3) is 11.4.